The molecule has 0 radical (unpaired) electrons. The minimum absolute atomic E-state index is 0.193. The van der Waals surface area contributed by atoms with Crippen molar-refractivity contribution in [3.63, 3.8) is 0 Å². The summed E-state index contributed by atoms with van der Waals surface area (Å²) < 4.78 is 16.1. The van der Waals surface area contributed by atoms with Gasteiger partial charge in [-0.1, -0.05) is 0 Å². The van der Waals surface area contributed by atoms with Gasteiger partial charge in [0.15, 0.2) is 18.3 Å². The van der Waals surface area contributed by atoms with Crippen LogP contribution in [0.15, 0.2) is 4.99 Å². The normalized spacial score (nSPS) is 29.6. The van der Waals surface area contributed by atoms with Gasteiger partial charge in [-0.15, -0.1) is 0 Å². The van der Waals surface area contributed by atoms with E-state index in [2.05, 4.69) is 24.9 Å². The van der Waals surface area contributed by atoms with Gasteiger partial charge in [-0.25, -0.2) is 19.5 Å². The van der Waals surface area contributed by atoms with E-state index in [9.17, 15) is 35.0 Å². The van der Waals surface area contributed by atoms with Crippen LogP contribution in [0.1, 0.15) is 16.2 Å². The second-order valence-corrected chi connectivity index (χ2v) is 9.01. The van der Waals surface area contributed by atoms with Gasteiger partial charge in [0.1, 0.15) is 30.6 Å². The van der Waals surface area contributed by atoms with Crippen LogP contribution < -0.4 is 10.2 Å². The van der Waals surface area contributed by atoms with E-state index in [4.69, 9.17) is 9.47 Å². The molecule has 1 fully saturated rings. The number of imidazole rings is 1. The third-order valence-electron chi connectivity index (χ3n) is 6.92. The van der Waals surface area contributed by atoms with E-state index in [0.717, 1.165) is 14.2 Å². The van der Waals surface area contributed by atoms with Gasteiger partial charge in [0.05, 0.1) is 38.6 Å². The lowest BCUT2D eigenvalue weighted by Gasteiger charge is -2.41. The lowest BCUT2D eigenvalue weighted by Crippen LogP contribution is -2.60. The number of likely N-dealkylation sites (N-methyl/N-ethyl adjacent to an activating group) is 1. The number of aliphatic imine (C=N–C) groups is 1. The van der Waals surface area contributed by atoms with Crippen LogP contribution in [0.4, 0.5) is 10.7 Å². The van der Waals surface area contributed by atoms with Gasteiger partial charge in [-0.3, -0.25) is 19.6 Å². The number of anilines is 1. The molecule has 1 saturated heterocycles. The fourth-order valence-corrected chi connectivity index (χ4v) is 4.93. The number of esters is 1. The number of carbonyl (C=O) groups is 3. The lowest BCUT2D eigenvalue weighted by molar-refractivity contribution is -0.283. The Hall–Kier alpha value is -3.35. The fraction of sp³-hybridized carbons (Fsp3) is 0.667. The van der Waals surface area contributed by atoms with Crippen molar-refractivity contribution in [1.82, 2.24) is 19.8 Å². The van der Waals surface area contributed by atoms with Crippen molar-refractivity contribution in [3.8, 4) is 0 Å². The van der Waals surface area contributed by atoms with E-state index < -0.39 is 73.5 Å². The molecule has 4 unspecified atom stereocenters. The molecular weight excluding hydrogens is 512 g/mol. The number of aromatic nitrogens is 2. The number of hydrogen-bond acceptors (Lipinski definition) is 15. The molecule has 0 bridgehead atoms. The Bertz CT molecular complexity index is 1110. The SMILES string of the molecule is COC(=O)NC(C(=O)OC)C(Cc1c(C)nc2n1C(=O)C1N=CN([C@@H]3O[C@H](CO)[C@@H](O)[C@H]3O)C1N2C)OO. The van der Waals surface area contributed by atoms with Crippen LogP contribution >= 0.6 is 0 Å². The standard InChI is InChI=1S/C21H30N6O11/c1-8-9(5-10(38-34)12(19(32)35-3)24-21(33)36-4)27-17(31)13-16(25(2)20(27)23-8)26(7-22-13)18-15(30)14(29)11(6-28)37-18/h7,10-16,18,28-30,34H,5-6H2,1-4H3,(H,24,33)/t10?,11-,12?,13?,14-,15-,16?,18-/m1/s1. The van der Waals surface area contributed by atoms with E-state index in [-0.39, 0.29) is 18.1 Å². The summed E-state index contributed by atoms with van der Waals surface area (Å²) in [6, 6.07) is -2.49. The first-order valence-electron chi connectivity index (χ1n) is 11.6. The Morgan fingerprint density at radius 1 is 1.24 bits per heavy atom. The van der Waals surface area contributed by atoms with Crippen molar-refractivity contribution in [2.45, 2.75) is 62.2 Å². The van der Waals surface area contributed by atoms with Crippen molar-refractivity contribution >= 4 is 30.3 Å². The highest BCUT2D eigenvalue weighted by Gasteiger charge is 2.54. The second-order valence-electron chi connectivity index (χ2n) is 9.01. The molecule has 1 amide bonds. The van der Waals surface area contributed by atoms with Crippen molar-refractivity contribution in [2.75, 3.05) is 32.8 Å². The van der Waals surface area contributed by atoms with Crippen molar-refractivity contribution in [1.29, 1.82) is 0 Å². The van der Waals surface area contributed by atoms with Crippen molar-refractivity contribution in [2.24, 2.45) is 4.99 Å². The lowest BCUT2D eigenvalue weighted by atomic mass is 10.0. The number of aliphatic hydroxyl groups excluding tert-OH is 3. The monoisotopic (exact) mass is 542 g/mol. The van der Waals surface area contributed by atoms with Crippen LogP contribution in [0, 0.1) is 6.92 Å². The molecule has 0 aromatic carbocycles. The maximum Gasteiger partial charge on any atom is 0.407 e. The van der Waals surface area contributed by atoms with Crippen LogP contribution in [0.5, 0.6) is 0 Å². The highest BCUT2D eigenvalue weighted by molar-refractivity contribution is 5.94. The zero-order valence-corrected chi connectivity index (χ0v) is 21.0. The minimum Gasteiger partial charge on any atom is -0.467 e. The number of aliphatic hydroxyl groups is 3. The Morgan fingerprint density at radius 2 is 1.95 bits per heavy atom. The summed E-state index contributed by atoms with van der Waals surface area (Å²) in [6.07, 6.45) is -6.88. The number of alkyl carbamates (subject to hydrolysis) is 1. The number of nitrogens with one attached hydrogen (secondary N) is 1. The molecule has 1 aromatic rings. The number of nitrogens with zero attached hydrogens (tertiary/aromatic N) is 5. The van der Waals surface area contributed by atoms with Crippen molar-refractivity contribution < 1.29 is 54.1 Å². The summed E-state index contributed by atoms with van der Waals surface area (Å²) in [7, 11) is 3.82. The summed E-state index contributed by atoms with van der Waals surface area (Å²) in [5, 5.41) is 42.0. The Morgan fingerprint density at radius 3 is 2.53 bits per heavy atom. The zero-order chi connectivity index (χ0) is 27.9. The predicted molar refractivity (Wildman–Crippen MR) is 124 cm³/mol. The highest BCUT2D eigenvalue weighted by atomic mass is 17.1. The van der Waals surface area contributed by atoms with Gasteiger partial charge in [0, 0.05) is 13.5 Å². The fourth-order valence-electron chi connectivity index (χ4n) is 4.93. The van der Waals surface area contributed by atoms with E-state index >= 15 is 0 Å². The summed E-state index contributed by atoms with van der Waals surface area (Å²) in [6.45, 7) is 1.10. The zero-order valence-electron chi connectivity index (χ0n) is 21.0. The van der Waals surface area contributed by atoms with Crippen LogP contribution in [0.3, 0.4) is 0 Å². The van der Waals surface area contributed by atoms with Crippen molar-refractivity contribution in [3.05, 3.63) is 11.4 Å². The number of hydrogen-bond donors (Lipinski definition) is 5. The van der Waals surface area contributed by atoms with Gasteiger partial charge in [-0.05, 0) is 6.92 Å². The molecule has 5 N–H and O–H groups in total. The van der Waals surface area contributed by atoms with E-state index in [0.29, 0.717) is 5.69 Å². The predicted octanol–water partition coefficient (Wildman–Crippen LogP) is -2.94. The third kappa shape index (κ3) is 4.46. The molecule has 8 atom stereocenters. The van der Waals surface area contributed by atoms with E-state index in [1.54, 1.807) is 18.9 Å². The largest absolute Gasteiger partial charge is 0.467 e. The van der Waals surface area contributed by atoms with E-state index in [1.807, 2.05) is 0 Å². The first kappa shape index (κ1) is 27.7. The van der Waals surface area contributed by atoms with E-state index in [1.165, 1.54) is 15.8 Å². The second kappa shape index (κ2) is 10.8. The number of rotatable bonds is 8. The quantitative estimate of drug-likeness (QED) is 0.126. The number of fused-ring (bicyclic) bond motifs is 2. The van der Waals surface area contributed by atoms with Gasteiger partial charge in [0.2, 0.25) is 5.95 Å². The third-order valence-corrected chi connectivity index (χ3v) is 6.92. The summed E-state index contributed by atoms with van der Waals surface area (Å²) in [5.41, 5.74) is 0.642. The summed E-state index contributed by atoms with van der Waals surface area (Å²) >= 11 is 0. The molecule has 210 valence electrons. The molecule has 0 saturated carbocycles. The molecule has 4 heterocycles. The van der Waals surface area contributed by atoms with Crippen LogP contribution in [0.2, 0.25) is 0 Å². The molecule has 17 nitrogen and oxygen atoms in total. The number of aryl methyl sites for hydroxylation is 1. The number of carbonyl (C=O) groups excluding carboxylic acids is 3. The molecule has 3 aliphatic rings. The van der Waals surface area contributed by atoms with Gasteiger partial charge in [-0.2, -0.15) is 0 Å². The Labute approximate surface area is 216 Å². The van der Waals surface area contributed by atoms with Crippen LogP contribution in [-0.2, 0) is 30.3 Å². The average molecular weight is 543 g/mol. The first-order valence-corrected chi connectivity index (χ1v) is 11.6. The Kier molecular flexibility index (Phi) is 7.86. The van der Waals surface area contributed by atoms with Gasteiger partial charge < -0.3 is 44.6 Å². The molecule has 0 spiro atoms. The number of ether oxygens (including phenoxy) is 3. The molecule has 17 heteroatoms. The average Bonchev–Trinajstić information content (AvgIpc) is 3.58. The molecule has 4 rings (SSSR count). The highest BCUT2D eigenvalue weighted by Crippen LogP contribution is 2.36. The number of amides is 1. The molecular formula is C21H30N6O11. The maximum absolute atomic E-state index is 13.6. The molecule has 38 heavy (non-hydrogen) atoms. The summed E-state index contributed by atoms with van der Waals surface area (Å²) in [5.74, 6) is -1.24. The first-order chi connectivity index (χ1) is 18.1. The topological polar surface area (TPSA) is 218 Å². The number of methoxy groups -OCH3 is 2. The smallest absolute Gasteiger partial charge is 0.407 e. The Balaban J connectivity index is 1.64. The van der Waals surface area contributed by atoms with Gasteiger partial charge >= 0.3 is 12.1 Å². The minimum atomic E-state index is -1.49. The van der Waals surface area contributed by atoms with Crippen LogP contribution in [-0.4, -0.2) is 136 Å². The van der Waals surface area contributed by atoms with Crippen LogP contribution in [0.25, 0.3) is 0 Å². The maximum atomic E-state index is 13.6. The van der Waals surface area contributed by atoms with Gasteiger partial charge in [0.25, 0.3) is 5.91 Å². The summed E-state index contributed by atoms with van der Waals surface area (Å²) in [4.78, 5) is 54.1. The molecule has 1 aromatic heterocycles. The molecule has 3 aliphatic heterocycles. The molecule has 0 aliphatic carbocycles.